The summed E-state index contributed by atoms with van der Waals surface area (Å²) in [5.41, 5.74) is 0. The second-order valence-corrected chi connectivity index (χ2v) is 5.38. The Morgan fingerprint density at radius 3 is 2.88 bits per heavy atom. The van der Waals surface area contributed by atoms with E-state index in [-0.39, 0.29) is 5.91 Å². The van der Waals surface area contributed by atoms with Crippen LogP contribution < -0.4 is 5.32 Å². The molecule has 88 valence electrons. The molecule has 0 unspecified atom stereocenters. The molecule has 0 atom stereocenters. The van der Waals surface area contributed by atoms with E-state index in [0.717, 1.165) is 25.9 Å². The van der Waals surface area contributed by atoms with E-state index in [2.05, 4.69) is 15.5 Å². The number of nitrogens with zero attached hydrogens (tertiary/aromatic N) is 2. The van der Waals surface area contributed by atoms with Crippen molar-refractivity contribution in [2.24, 2.45) is 0 Å². The minimum absolute atomic E-state index is 0.140. The van der Waals surface area contributed by atoms with Crippen LogP contribution in [0.15, 0.2) is 0 Å². The molecule has 1 amide bonds. The molecular formula is C9H14N4OS2. The number of likely N-dealkylation sites (tertiary alicyclic amines) is 1. The third-order valence-electron chi connectivity index (χ3n) is 2.54. The number of piperidine rings is 1. The first-order valence-electron chi connectivity index (χ1n) is 5.33. The number of hydrogen-bond acceptors (Lipinski definition) is 5. The highest BCUT2D eigenvalue weighted by atomic mass is 32.1. The lowest BCUT2D eigenvalue weighted by atomic mass is 10.1. The average molecular weight is 258 g/mol. The van der Waals surface area contributed by atoms with Crippen molar-refractivity contribution in [2.45, 2.75) is 19.3 Å². The maximum Gasteiger partial charge on any atom is 0.241 e. The monoisotopic (exact) mass is 258 g/mol. The Hall–Kier alpha value is -0.950. The van der Waals surface area contributed by atoms with E-state index in [1.165, 1.54) is 17.8 Å². The maximum absolute atomic E-state index is 11.8. The first-order valence-corrected chi connectivity index (χ1v) is 6.55. The Morgan fingerprint density at radius 1 is 1.50 bits per heavy atom. The number of aromatic amines is 1. The molecule has 1 aliphatic rings. The quantitative estimate of drug-likeness (QED) is 0.809. The number of H-pyrrole nitrogens is 1. The van der Waals surface area contributed by atoms with Crippen molar-refractivity contribution in [1.29, 1.82) is 0 Å². The van der Waals surface area contributed by atoms with Gasteiger partial charge in [-0.3, -0.25) is 9.89 Å². The van der Waals surface area contributed by atoms with E-state index in [1.54, 1.807) is 0 Å². The van der Waals surface area contributed by atoms with Crippen LogP contribution in [0.1, 0.15) is 19.3 Å². The number of carbonyl (C=O) groups excluding carboxylic acids is 1. The van der Waals surface area contributed by atoms with E-state index in [0.29, 0.717) is 15.6 Å². The van der Waals surface area contributed by atoms with Gasteiger partial charge in [-0.2, -0.15) is 0 Å². The van der Waals surface area contributed by atoms with Gasteiger partial charge < -0.3 is 10.2 Å². The highest BCUT2D eigenvalue weighted by Crippen LogP contribution is 2.12. The van der Waals surface area contributed by atoms with Crippen LogP contribution in [0.5, 0.6) is 0 Å². The Kier molecular flexibility index (Phi) is 3.89. The third kappa shape index (κ3) is 3.02. The fourth-order valence-corrected chi connectivity index (χ4v) is 2.50. The van der Waals surface area contributed by atoms with Gasteiger partial charge in [0.2, 0.25) is 11.0 Å². The SMILES string of the molecule is O=C(CNc1n[nH]c(=S)s1)N1CCCCC1. The molecule has 1 aromatic heterocycles. The van der Waals surface area contributed by atoms with Crippen molar-refractivity contribution in [2.75, 3.05) is 25.0 Å². The van der Waals surface area contributed by atoms with Crippen LogP contribution in [0.3, 0.4) is 0 Å². The summed E-state index contributed by atoms with van der Waals surface area (Å²) in [6.45, 7) is 2.07. The van der Waals surface area contributed by atoms with Gasteiger partial charge in [0.1, 0.15) is 0 Å². The second kappa shape index (κ2) is 5.40. The first kappa shape index (κ1) is 11.5. The molecule has 0 aromatic carbocycles. The summed E-state index contributed by atoms with van der Waals surface area (Å²) in [5.74, 6) is 0.140. The Morgan fingerprint density at radius 2 is 2.25 bits per heavy atom. The van der Waals surface area contributed by atoms with Crippen LogP contribution in [0.2, 0.25) is 0 Å². The topological polar surface area (TPSA) is 61.0 Å². The summed E-state index contributed by atoms with van der Waals surface area (Å²) < 4.78 is 0.618. The molecule has 1 aliphatic heterocycles. The fraction of sp³-hybridized carbons (Fsp3) is 0.667. The van der Waals surface area contributed by atoms with Gasteiger partial charge in [-0.15, -0.1) is 5.10 Å². The van der Waals surface area contributed by atoms with E-state index in [4.69, 9.17) is 12.2 Å². The number of hydrogen-bond donors (Lipinski definition) is 2. The van der Waals surface area contributed by atoms with Gasteiger partial charge >= 0.3 is 0 Å². The largest absolute Gasteiger partial charge is 0.351 e. The Balaban J connectivity index is 1.81. The van der Waals surface area contributed by atoms with E-state index in [9.17, 15) is 4.79 Å². The molecule has 1 saturated heterocycles. The number of anilines is 1. The van der Waals surface area contributed by atoms with Crippen molar-refractivity contribution in [3.8, 4) is 0 Å². The molecule has 0 aliphatic carbocycles. The molecule has 1 fully saturated rings. The zero-order valence-electron chi connectivity index (χ0n) is 8.86. The summed E-state index contributed by atoms with van der Waals surface area (Å²) in [5, 5.41) is 10.3. The third-order valence-corrected chi connectivity index (χ3v) is 3.58. The zero-order valence-corrected chi connectivity index (χ0v) is 10.5. The summed E-state index contributed by atoms with van der Waals surface area (Å²) >= 11 is 6.25. The first-order chi connectivity index (χ1) is 7.75. The number of carbonyl (C=O) groups is 1. The van der Waals surface area contributed by atoms with Gasteiger partial charge in [-0.05, 0) is 31.5 Å². The lowest BCUT2D eigenvalue weighted by Gasteiger charge is -2.26. The summed E-state index contributed by atoms with van der Waals surface area (Å²) in [6.07, 6.45) is 3.47. The van der Waals surface area contributed by atoms with Gasteiger partial charge in [0, 0.05) is 13.1 Å². The van der Waals surface area contributed by atoms with Gasteiger partial charge in [0.15, 0.2) is 3.95 Å². The number of amides is 1. The maximum atomic E-state index is 11.8. The highest BCUT2D eigenvalue weighted by Gasteiger charge is 2.16. The molecule has 1 aromatic rings. The van der Waals surface area contributed by atoms with Crippen molar-refractivity contribution >= 4 is 34.6 Å². The lowest BCUT2D eigenvalue weighted by Crippen LogP contribution is -2.39. The number of rotatable bonds is 3. The molecule has 0 bridgehead atoms. The van der Waals surface area contributed by atoms with Gasteiger partial charge in [-0.25, -0.2) is 0 Å². The van der Waals surface area contributed by atoms with Crippen LogP contribution in [-0.2, 0) is 4.79 Å². The van der Waals surface area contributed by atoms with Crippen molar-refractivity contribution in [3.63, 3.8) is 0 Å². The van der Waals surface area contributed by atoms with Crippen molar-refractivity contribution in [1.82, 2.24) is 15.1 Å². The minimum Gasteiger partial charge on any atom is -0.351 e. The van der Waals surface area contributed by atoms with Gasteiger partial charge in [0.25, 0.3) is 0 Å². The molecule has 0 saturated carbocycles. The van der Waals surface area contributed by atoms with Gasteiger partial charge in [0.05, 0.1) is 6.54 Å². The van der Waals surface area contributed by atoms with Crippen LogP contribution in [0, 0.1) is 3.95 Å². The molecule has 2 rings (SSSR count). The summed E-state index contributed by atoms with van der Waals surface area (Å²) in [6, 6.07) is 0. The fourth-order valence-electron chi connectivity index (χ4n) is 1.71. The van der Waals surface area contributed by atoms with Crippen LogP contribution >= 0.6 is 23.6 Å². The average Bonchev–Trinajstić information content (AvgIpc) is 2.73. The van der Waals surface area contributed by atoms with E-state index >= 15 is 0 Å². The second-order valence-electron chi connectivity index (χ2n) is 3.71. The zero-order chi connectivity index (χ0) is 11.4. The highest BCUT2D eigenvalue weighted by molar-refractivity contribution is 7.73. The molecule has 0 radical (unpaired) electrons. The smallest absolute Gasteiger partial charge is 0.241 e. The molecule has 5 nitrogen and oxygen atoms in total. The van der Waals surface area contributed by atoms with Crippen LogP contribution in [0.4, 0.5) is 5.13 Å². The number of aromatic nitrogens is 2. The Labute approximate surface area is 103 Å². The number of nitrogens with one attached hydrogen (secondary N) is 2. The molecule has 0 spiro atoms. The van der Waals surface area contributed by atoms with E-state index in [1.807, 2.05) is 4.90 Å². The molecule has 7 heteroatoms. The predicted molar refractivity (Wildman–Crippen MR) is 66.2 cm³/mol. The van der Waals surface area contributed by atoms with Crippen molar-refractivity contribution in [3.05, 3.63) is 3.95 Å². The Bertz CT molecular complexity index is 408. The summed E-state index contributed by atoms with van der Waals surface area (Å²) in [4.78, 5) is 13.7. The standard InChI is InChI=1S/C9H14N4OS2/c14-7(13-4-2-1-3-5-13)6-10-8-11-12-9(15)16-8/h1-6H2,(H,10,11)(H,12,15). The lowest BCUT2D eigenvalue weighted by molar-refractivity contribution is -0.130. The van der Waals surface area contributed by atoms with Crippen molar-refractivity contribution < 1.29 is 4.79 Å². The van der Waals surface area contributed by atoms with Crippen LogP contribution in [-0.4, -0.2) is 40.6 Å². The molecule has 2 heterocycles. The van der Waals surface area contributed by atoms with E-state index < -0.39 is 0 Å². The normalized spacial score (nSPS) is 16.1. The molecule has 2 N–H and O–H groups in total. The molecular weight excluding hydrogens is 244 g/mol. The minimum atomic E-state index is 0.140. The predicted octanol–water partition coefficient (Wildman–Crippen LogP) is 1.63. The summed E-state index contributed by atoms with van der Waals surface area (Å²) in [7, 11) is 0. The molecule has 16 heavy (non-hydrogen) atoms. The van der Waals surface area contributed by atoms with Gasteiger partial charge in [-0.1, -0.05) is 11.3 Å². The van der Waals surface area contributed by atoms with Crippen LogP contribution in [0.25, 0.3) is 0 Å².